The number of aliphatic carboxylic acids is 3. The van der Waals surface area contributed by atoms with Crippen molar-refractivity contribution in [2.45, 2.75) is 19.3 Å². The van der Waals surface area contributed by atoms with Crippen molar-refractivity contribution in [1.29, 1.82) is 0 Å². The number of allylic oxidation sites excluding steroid dienone is 1. The number of carboxylic acids is 3. The number of methoxy groups -OCH3 is 1. The summed E-state index contributed by atoms with van der Waals surface area (Å²) >= 11 is 5.43. The van der Waals surface area contributed by atoms with Crippen LogP contribution in [-0.4, -0.2) is 52.2 Å². The molecule has 0 fully saturated rings. The van der Waals surface area contributed by atoms with E-state index >= 15 is 0 Å². The summed E-state index contributed by atoms with van der Waals surface area (Å²) in [6.07, 6.45) is 1.33. The van der Waals surface area contributed by atoms with E-state index in [1.807, 2.05) is 0 Å². The van der Waals surface area contributed by atoms with E-state index in [9.17, 15) is 19.2 Å². The van der Waals surface area contributed by atoms with Crippen molar-refractivity contribution < 1.29 is 39.2 Å². The molecule has 0 bridgehead atoms. The predicted octanol–water partition coefficient (Wildman–Crippen LogP) is 1.85. The van der Waals surface area contributed by atoms with Gasteiger partial charge in [0.05, 0.1) is 13.5 Å². The van der Waals surface area contributed by atoms with Crippen molar-refractivity contribution in [1.82, 2.24) is 0 Å². The lowest BCUT2D eigenvalue weighted by molar-refractivity contribution is -0.139. The Kier molecular flexibility index (Phi) is 12.7. The van der Waals surface area contributed by atoms with Crippen LogP contribution in [0.25, 0.3) is 0 Å². The lowest BCUT2D eigenvalue weighted by Gasteiger charge is -2.01. The fourth-order valence-electron chi connectivity index (χ4n) is 1.13. The fraction of sp³-hybridized carbons (Fsp3) is 0.333. The highest BCUT2D eigenvalue weighted by molar-refractivity contribution is 6.18. The van der Waals surface area contributed by atoms with Crippen LogP contribution >= 0.6 is 11.6 Å². The number of carboxylic acid groups (broad SMARTS) is 3. The number of esters is 1. The number of halogens is 1. The van der Waals surface area contributed by atoms with Gasteiger partial charge in [0.2, 0.25) is 0 Å². The highest BCUT2D eigenvalue weighted by atomic mass is 35.5. The Bertz CT molecular complexity index is 548. The second-order valence-electron chi connectivity index (χ2n) is 4.25. The molecule has 0 unspecified atom stereocenters. The van der Waals surface area contributed by atoms with Gasteiger partial charge in [0.25, 0.3) is 0 Å². The first-order valence-electron chi connectivity index (χ1n) is 6.44. The van der Waals surface area contributed by atoms with Crippen LogP contribution in [0.4, 0.5) is 0 Å². The summed E-state index contributed by atoms with van der Waals surface area (Å²) in [7, 11) is 1.24. The quantitative estimate of drug-likeness (QED) is 0.321. The van der Waals surface area contributed by atoms with E-state index in [4.69, 9.17) is 26.9 Å². The first-order chi connectivity index (χ1) is 11.1. The molecule has 9 heteroatoms. The molecule has 0 rings (SSSR count). The normalized spacial score (nSPS) is 10.0. The third kappa shape index (κ3) is 12.0. The lowest BCUT2D eigenvalue weighted by Crippen LogP contribution is -2.05. The second-order valence-corrected chi connectivity index (χ2v) is 4.63. The average molecular weight is 363 g/mol. The first kappa shape index (κ1) is 23.7. The maximum atomic E-state index is 10.9. The Balaban J connectivity index is 0. The van der Waals surface area contributed by atoms with Crippen LogP contribution in [0.5, 0.6) is 0 Å². The van der Waals surface area contributed by atoms with E-state index < -0.39 is 30.3 Å². The highest BCUT2D eigenvalue weighted by Gasteiger charge is 2.09. The van der Waals surface area contributed by atoms with Crippen LogP contribution in [-0.2, 0) is 23.9 Å². The van der Waals surface area contributed by atoms with Gasteiger partial charge in [-0.3, -0.25) is 4.79 Å². The average Bonchev–Trinajstić information content (AvgIpc) is 2.49. The summed E-state index contributed by atoms with van der Waals surface area (Å²) < 4.78 is 4.42. The van der Waals surface area contributed by atoms with Gasteiger partial charge in [-0.25, -0.2) is 14.4 Å². The molecule has 8 nitrogen and oxygen atoms in total. The van der Waals surface area contributed by atoms with Crippen LogP contribution in [0.1, 0.15) is 19.3 Å². The largest absolute Gasteiger partial charge is 0.481 e. The zero-order chi connectivity index (χ0) is 19.3. The van der Waals surface area contributed by atoms with Crippen molar-refractivity contribution in [3.05, 3.63) is 36.0 Å². The molecule has 0 amide bonds. The SMILES string of the molecule is C=C(CC(=O)O)C(=O)O.C=C(CC=C(CCCl)C(=O)O)C(=O)OC. The van der Waals surface area contributed by atoms with Gasteiger partial charge in [0, 0.05) is 22.6 Å². The van der Waals surface area contributed by atoms with E-state index in [1.165, 1.54) is 13.2 Å². The smallest absolute Gasteiger partial charge is 0.333 e. The van der Waals surface area contributed by atoms with E-state index in [-0.39, 0.29) is 35.4 Å². The number of rotatable bonds is 9. The minimum atomic E-state index is -1.27. The van der Waals surface area contributed by atoms with E-state index in [1.54, 1.807) is 0 Å². The van der Waals surface area contributed by atoms with Crippen LogP contribution in [0.2, 0.25) is 0 Å². The third-order valence-corrected chi connectivity index (χ3v) is 2.56. The Morgan fingerprint density at radius 1 is 1.04 bits per heavy atom. The van der Waals surface area contributed by atoms with Gasteiger partial charge in [-0.05, 0) is 12.8 Å². The van der Waals surface area contributed by atoms with Gasteiger partial charge in [-0.15, -0.1) is 11.6 Å². The van der Waals surface area contributed by atoms with E-state index in [0.29, 0.717) is 0 Å². The van der Waals surface area contributed by atoms with Gasteiger partial charge in [-0.1, -0.05) is 19.2 Å². The molecular formula is C15H19ClO8. The second kappa shape index (κ2) is 12.9. The summed E-state index contributed by atoms with van der Waals surface area (Å²) in [6.45, 7) is 6.49. The molecule has 0 aromatic carbocycles. The van der Waals surface area contributed by atoms with E-state index in [2.05, 4.69) is 17.9 Å². The molecule has 0 saturated heterocycles. The molecular weight excluding hydrogens is 344 g/mol. The molecule has 0 aliphatic carbocycles. The molecule has 0 heterocycles. The third-order valence-electron chi connectivity index (χ3n) is 2.37. The summed E-state index contributed by atoms with van der Waals surface area (Å²) in [4.78, 5) is 41.3. The van der Waals surface area contributed by atoms with Crippen molar-refractivity contribution in [2.24, 2.45) is 0 Å². The molecule has 134 valence electrons. The topological polar surface area (TPSA) is 138 Å². The molecule has 3 N–H and O–H groups in total. The van der Waals surface area contributed by atoms with Crippen LogP contribution in [0, 0.1) is 0 Å². The zero-order valence-electron chi connectivity index (χ0n) is 13.1. The lowest BCUT2D eigenvalue weighted by atomic mass is 10.1. The molecule has 0 aromatic rings. The van der Waals surface area contributed by atoms with Crippen molar-refractivity contribution in [3.63, 3.8) is 0 Å². The molecule has 0 aliphatic rings. The molecule has 0 aromatic heterocycles. The van der Waals surface area contributed by atoms with Crippen LogP contribution < -0.4 is 0 Å². The summed E-state index contributed by atoms with van der Waals surface area (Å²) in [5, 5.41) is 24.8. The first-order valence-corrected chi connectivity index (χ1v) is 6.97. The number of alkyl halides is 1. The van der Waals surface area contributed by atoms with Crippen LogP contribution in [0.15, 0.2) is 36.0 Å². The summed E-state index contributed by atoms with van der Waals surface area (Å²) in [6, 6.07) is 0. The number of ether oxygens (including phenoxy) is 1. The van der Waals surface area contributed by atoms with Crippen molar-refractivity contribution in [2.75, 3.05) is 13.0 Å². The molecule has 0 radical (unpaired) electrons. The van der Waals surface area contributed by atoms with E-state index in [0.717, 1.165) is 0 Å². The van der Waals surface area contributed by atoms with Gasteiger partial charge >= 0.3 is 23.9 Å². The molecule has 0 atom stereocenters. The number of hydrogen-bond donors (Lipinski definition) is 3. The van der Waals surface area contributed by atoms with Gasteiger partial charge in [0.1, 0.15) is 0 Å². The Morgan fingerprint density at radius 3 is 1.88 bits per heavy atom. The van der Waals surface area contributed by atoms with Crippen LogP contribution in [0.3, 0.4) is 0 Å². The molecule has 24 heavy (non-hydrogen) atoms. The molecule has 0 spiro atoms. The van der Waals surface area contributed by atoms with Gasteiger partial charge < -0.3 is 20.1 Å². The Hall–Kier alpha value is -2.61. The maximum Gasteiger partial charge on any atom is 0.333 e. The summed E-state index contributed by atoms with van der Waals surface area (Å²) in [5.74, 6) is -3.79. The number of hydrogen-bond acceptors (Lipinski definition) is 5. The van der Waals surface area contributed by atoms with Crippen molar-refractivity contribution >= 4 is 35.5 Å². The Labute approximate surface area is 143 Å². The zero-order valence-corrected chi connectivity index (χ0v) is 13.8. The molecule has 0 aliphatic heterocycles. The minimum Gasteiger partial charge on any atom is -0.481 e. The highest BCUT2D eigenvalue weighted by Crippen LogP contribution is 2.09. The summed E-state index contributed by atoms with van der Waals surface area (Å²) in [5.41, 5.74) is 0.0865. The van der Waals surface area contributed by atoms with Gasteiger partial charge in [0.15, 0.2) is 0 Å². The minimum absolute atomic E-state index is 0.158. The Morgan fingerprint density at radius 2 is 1.58 bits per heavy atom. The maximum absolute atomic E-state index is 10.9. The predicted molar refractivity (Wildman–Crippen MR) is 85.9 cm³/mol. The van der Waals surface area contributed by atoms with Crippen molar-refractivity contribution in [3.8, 4) is 0 Å². The molecule has 0 saturated carbocycles. The fourth-order valence-corrected chi connectivity index (χ4v) is 1.33. The van der Waals surface area contributed by atoms with Gasteiger partial charge in [-0.2, -0.15) is 0 Å². The standard InChI is InChI=1S/C10H13ClO4.C5H6O4/c1-7(10(14)15-2)3-4-8(5-6-11)9(12)13;1-3(5(8)9)2-4(6)7/h4H,1,3,5-6H2,2H3,(H,12,13);1-2H2,(H,6,7)(H,8,9). The monoisotopic (exact) mass is 362 g/mol. The number of carbonyl (C=O) groups is 4. The number of carbonyl (C=O) groups excluding carboxylic acids is 1.